The van der Waals surface area contributed by atoms with E-state index in [0.717, 1.165) is 55.2 Å². The standard InChI is InChI=1S/C29H36O5/c1-7-8-9-10-21-16-25(32-6)27(24-15-19(4)11-12-22(24)18(2)3)26(17-21)34-29(31)23-13-14-33-28(23)20(5)30/h13-17,22,24H,2,7-12H2,1,3-6H3/t22-,24+/m0/s1. The van der Waals surface area contributed by atoms with Gasteiger partial charge in [-0.1, -0.05) is 43.6 Å². The molecule has 1 heterocycles. The zero-order chi connectivity index (χ0) is 24.8. The normalized spacial score (nSPS) is 17.7. The topological polar surface area (TPSA) is 65.7 Å². The van der Waals surface area contributed by atoms with Crippen molar-refractivity contribution in [2.45, 2.75) is 72.1 Å². The minimum Gasteiger partial charge on any atom is -0.496 e. The van der Waals surface area contributed by atoms with E-state index in [-0.39, 0.29) is 28.9 Å². The van der Waals surface area contributed by atoms with Gasteiger partial charge in [-0.25, -0.2) is 4.79 Å². The molecule has 0 unspecified atom stereocenters. The molecule has 34 heavy (non-hydrogen) atoms. The lowest BCUT2D eigenvalue weighted by Gasteiger charge is -2.32. The lowest BCUT2D eigenvalue weighted by atomic mass is 9.73. The predicted molar refractivity (Wildman–Crippen MR) is 134 cm³/mol. The Labute approximate surface area is 202 Å². The van der Waals surface area contributed by atoms with Crippen molar-refractivity contribution >= 4 is 11.8 Å². The number of ketones is 1. The monoisotopic (exact) mass is 464 g/mol. The maximum absolute atomic E-state index is 13.2. The van der Waals surface area contributed by atoms with Gasteiger partial charge in [0.25, 0.3) is 0 Å². The van der Waals surface area contributed by atoms with Crippen LogP contribution in [-0.2, 0) is 6.42 Å². The number of hydrogen-bond acceptors (Lipinski definition) is 5. The number of ether oxygens (including phenoxy) is 2. The molecule has 5 nitrogen and oxygen atoms in total. The number of unbranched alkanes of at least 4 members (excludes halogenated alkanes) is 2. The van der Waals surface area contributed by atoms with Crippen molar-refractivity contribution in [1.29, 1.82) is 0 Å². The third-order valence-corrected chi connectivity index (χ3v) is 6.57. The summed E-state index contributed by atoms with van der Waals surface area (Å²) in [4.78, 5) is 25.1. The van der Waals surface area contributed by atoms with Gasteiger partial charge in [-0.2, -0.15) is 0 Å². The van der Waals surface area contributed by atoms with E-state index < -0.39 is 5.97 Å². The summed E-state index contributed by atoms with van der Waals surface area (Å²) in [5.74, 6) is 0.429. The quantitative estimate of drug-likeness (QED) is 0.120. The lowest BCUT2D eigenvalue weighted by molar-refractivity contribution is 0.0724. The van der Waals surface area contributed by atoms with Crippen molar-refractivity contribution in [3.8, 4) is 11.5 Å². The van der Waals surface area contributed by atoms with Gasteiger partial charge in [-0.15, -0.1) is 0 Å². The lowest BCUT2D eigenvalue weighted by Crippen LogP contribution is -2.20. The highest BCUT2D eigenvalue weighted by Crippen LogP contribution is 2.47. The van der Waals surface area contributed by atoms with E-state index in [1.165, 1.54) is 24.8 Å². The number of carbonyl (C=O) groups excluding carboxylic acids is 2. The first-order valence-corrected chi connectivity index (χ1v) is 12.1. The summed E-state index contributed by atoms with van der Waals surface area (Å²) in [5.41, 5.74) is 4.41. The minimum atomic E-state index is -0.614. The number of benzene rings is 1. The average Bonchev–Trinajstić information content (AvgIpc) is 3.29. The molecule has 0 saturated carbocycles. The Hall–Kier alpha value is -3.08. The molecular weight excluding hydrogens is 428 g/mol. The first-order valence-electron chi connectivity index (χ1n) is 12.1. The zero-order valence-electron chi connectivity index (χ0n) is 21.0. The summed E-state index contributed by atoms with van der Waals surface area (Å²) in [5, 5.41) is 0. The van der Waals surface area contributed by atoms with Crippen LogP contribution in [0.4, 0.5) is 0 Å². The van der Waals surface area contributed by atoms with Gasteiger partial charge in [0.2, 0.25) is 0 Å². The third kappa shape index (κ3) is 5.69. The van der Waals surface area contributed by atoms with Gasteiger partial charge in [-0.3, -0.25) is 4.79 Å². The number of furan rings is 1. The van der Waals surface area contributed by atoms with Crippen LogP contribution >= 0.6 is 0 Å². The number of esters is 1. The SMILES string of the molecule is C=C(C)[C@@H]1CCC(C)=C[C@H]1c1c(OC)cc(CCCCC)cc1OC(=O)c1ccoc1C(C)=O. The van der Waals surface area contributed by atoms with E-state index in [1.54, 1.807) is 7.11 Å². The molecule has 5 heteroatoms. The first-order chi connectivity index (χ1) is 16.3. The highest BCUT2D eigenvalue weighted by atomic mass is 16.5. The summed E-state index contributed by atoms with van der Waals surface area (Å²) in [6.45, 7) is 12.0. The fourth-order valence-corrected chi connectivity index (χ4v) is 4.76. The number of Topliss-reactive ketones (excluding diaryl/α,β-unsaturated/α-hetero) is 1. The Morgan fingerprint density at radius 3 is 2.56 bits per heavy atom. The summed E-state index contributed by atoms with van der Waals surface area (Å²) in [7, 11) is 1.65. The maximum Gasteiger partial charge on any atom is 0.347 e. The van der Waals surface area contributed by atoms with Crippen LogP contribution < -0.4 is 9.47 Å². The Balaban J connectivity index is 2.12. The number of aryl methyl sites for hydroxylation is 1. The molecule has 0 saturated heterocycles. The van der Waals surface area contributed by atoms with Gasteiger partial charge in [0.1, 0.15) is 17.1 Å². The van der Waals surface area contributed by atoms with Crippen LogP contribution in [0.1, 0.15) is 97.8 Å². The summed E-state index contributed by atoms with van der Waals surface area (Å²) < 4.78 is 17.1. The number of methoxy groups -OCH3 is 1. The third-order valence-electron chi connectivity index (χ3n) is 6.57. The number of carbonyl (C=O) groups is 2. The molecule has 1 aromatic heterocycles. The van der Waals surface area contributed by atoms with Crippen LogP contribution in [0.3, 0.4) is 0 Å². The molecule has 3 rings (SSSR count). The van der Waals surface area contributed by atoms with Crippen LogP contribution in [0, 0.1) is 5.92 Å². The van der Waals surface area contributed by atoms with Gasteiger partial charge in [0, 0.05) is 18.4 Å². The molecule has 0 N–H and O–H groups in total. The molecule has 2 aromatic rings. The Kier molecular flexibility index (Phi) is 8.54. The van der Waals surface area contributed by atoms with E-state index in [9.17, 15) is 9.59 Å². The molecule has 2 atom stereocenters. The van der Waals surface area contributed by atoms with E-state index in [1.807, 2.05) is 13.0 Å². The van der Waals surface area contributed by atoms with Crippen molar-refractivity contribution in [3.63, 3.8) is 0 Å². The van der Waals surface area contributed by atoms with Crippen LogP contribution in [0.5, 0.6) is 11.5 Å². The van der Waals surface area contributed by atoms with Crippen molar-refractivity contribution in [1.82, 2.24) is 0 Å². The van der Waals surface area contributed by atoms with Gasteiger partial charge in [0.15, 0.2) is 11.5 Å². The second-order valence-electron chi connectivity index (χ2n) is 9.31. The van der Waals surface area contributed by atoms with Gasteiger partial charge >= 0.3 is 5.97 Å². The summed E-state index contributed by atoms with van der Waals surface area (Å²) >= 11 is 0. The first kappa shape index (κ1) is 25.5. The van der Waals surface area contributed by atoms with E-state index in [2.05, 4.69) is 32.6 Å². The number of rotatable bonds is 10. The second-order valence-corrected chi connectivity index (χ2v) is 9.31. The smallest absolute Gasteiger partial charge is 0.347 e. The molecular formula is C29H36O5. The van der Waals surface area contributed by atoms with Crippen LogP contribution in [-0.4, -0.2) is 18.9 Å². The van der Waals surface area contributed by atoms with Gasteiger partial charge in [-0.05, 0) is 69.2 Å². The van der Waals surface area contributed by atoms with E-state index in [4.69, 9.17) is 13.9 Å². The van der Waals surface area contributed by atoms with Crippen LogP contribution in [0.15, 0.2) is 52.7 Å². The van der Waals surface area contributed by atoms with Crippen LogP contribution in [0.2, 0.25) is 0 Å². The Morgan fingerprint density at radius 2 is 1.91 bits per heavy atom. The Morgan fingerprint density at radius 1 is 1.18 bits per heavy atom. The summed E-state index contributed by atoms with van der Waals surface area (Å²) in [6.07, 6.45) is 9.72. The van der Waals surface area contributed by atoms with Crippen molar-refractivity contribution in [3.05, 3.63) is 70.7 Å². The fourth-order valence-electron chi connectivity index (χ4n) is 4.76. The molecule has 1 aliphatic rings. The fraction of sp³-hybridized carbons (Fsp3) is 0.448. The molecule has 0 spiro atoms. The molecule has 0 aliphatic heterocycles. The molecule has 0 amide bonds. The Bertz CT molecular complexity index is 1090. The summed E-state index contributed by atoms with van der Waals surface area (Å²) in [6, 6.07) is 5.49. The minimum absolute atomic E-state index is 0.00540. The van der Waals surface area contributed by atoms with E-state index >= 15 is 0 Å². The van der Waals surface area contributed by atoms with Crippen molar-refractivity contribution in [2.24, 2.45) is 5.92 Å². The predicted octanol–water partition coefficient (Wildman–Crippen LogP) is 7.46. The van der Waals surface area contributed by atoms with Crippen molar-refractivity contribution in [2.75, 3.05) is 7.11 Å². The van der Waals surface area contributed by atoms with Gasteiger partial charge in [0.05, 0.1) is 13.4 Å². The molecule has 0 radical (unpaired) electrons. The molecule has 182 valence electrons. The number of hydrogen-bond donors (Lipinski definition) is 0. The zero-order valence-corrected chi connectivity index (χ0v) is 21.0. The van der Waals surface area contributed by atoms with Crippen molar-refractivity contribution < 1.29 is 23.5 Å². The molecule has 1 aromatic carbocycles. The molecule has 0 bridgehead atoms. The molecule has 1 aliphatic carbocycles. The van der Waals surface area contributed by atoms with Crippen LogP contribution in [0.25, 0.3) is 0 Å². The highest BCUT2D eigenvalue weighted by molar-refractivity contribution is 6.04. The largest absolute Gasteiger partial charge is 0.496 e. The maximum atomic E-state index is 13.2. The highest BCUT2D eigenvalue weighted by Gasteiger charge is 2.32. The molecule has 0 fully saturated rings. The van der Waals surface area contributed by atoms with E-state index in [0.29, 0.717) is 11.5 Å². The number of allylic oxidation sites excluding steroid dienone is 3. The second kappa shape index (κ2) is 11.4. The van der Waals surface area contributed by atoms with Gasteiger partial charge < -0.3 is 13.9 Å². The average molecular weight is 465 g/mol.